The van der Waals surface area contributed by atoms with Gasteiger partial charge in [0.05, 0.1) is 17.5 Å². The summed E-state index contributed by atoms with van der Waals surface area (Å²) in [5, 5.41) is 2.53. The zero-order valence-electron chi connectivity index (χ0n) is 12.4. The topological polar surface area (TPSA) is 83.6 Å². The minimum atomic E-state index is -0.910. The molecule has 6 heteroatoms. The molecule has 3 amide bonds. The van der Waals surface area contributed by atoms with Crippen molar-refractivity contribution in [1.29, 1.82) is 0 Å². The van der Waals surface area contributed by atoms with E-state index in [4.69, 9.17) is 0 Å². The molecular weight excluding hydrogens is 284 g/mol. The summed E-state index contributed by atoms with van der Waals surface area (Å²) in [5.41, 5.74) is 1.62. The number of piperidine rings is 1. The highest BCUT2D eigenvalue weighted by Gasteiger charge is 2.44. The van der Waals surface area contributed by atoms with E-state index in [0.29, 0.717) is 11.1 Å². The van der Waals surface area contributed by atoms with E-state index in [1.165, 1.54) is 0 Å². The van der Waals surface area contributed by atoms with Crippen LogP contribution in [0.15, 0.2) is 18.2 Å². The Morgan fingerprint density at radius 1 is 1.09 bits per heavy atom. The van der Waals surface area contributed by atoms with Gasteiger partial charge in [-0.2, -0.15) is 0 Å². The maximum Gasteiger partial charge on any atom is 0.262 e. The molecule has 1 saturated heterocycles. The Bertz CT molecular complexity index is 708. The van der Waals surface area contributed by atoms with Gasteiger partial charge in [-0.25, -0.2) is 0 Å². The molecule has 22 heavy (non-hydrogen) atoms. The number of carbonyl (C=O) groups is 4. The van der Waals surface area contributed by atoms with Crippen LogP contribution < -0.4 is 5.32 Å². The summed E-state index contributed by atoms with van der Waals surface area (Å²) in [4.78, 5) is 49.2. The average Bonchev–Trinajstić information content (AvgIpc) is 2.71. The Labute approximate surface area is 127 Å². The molecule has 6 nitrogen and oxygen atoms in total. The van der Waals surface area contributed by atoms with E-state index in [2.05, 4.69) is 5.32 Å². The van der Waals surface area contributed by atoms with E-state index >= 15 is 0 Å². The van der Waals surface area contributed by atoms with Gasteiger partial charge in [-0.05, 0) is 23.6 Å². The maximum atomic E-state index is 12.5. The third-order valence-corrected chi connectivity index (χ3v) is 4.12. The number of fused-ring (bicyclic) bond motifs is 1. The molecule has 3 rings (SSSR count). The van der Waals surface area contributed by atoms with Gasteiger partial charge in [-0.1, -0.05) is 19.9 Å². The number of nitrogens with zero attached hydrogens (tertiary/aromatic N) is 1. The van der Waals surface area contributed by atoms with Crippen molar-refractivity contribution in [3.8, 4) is 0 Å². The van der Waals surface area contributed by atoms with Gasteiger partial charge in [-0.3, -0.25) is 24.1 Å². The molecule has 1 fully saturated rings. The summed E-state index contributed by atoms with van der Waals surface area (Å²) in [6, 6.07) is 4.26. The molecular formula is C16H16N2O4. The molecule has 0 bridgehead atoms. The van der Waals surface area contributed by atoms with E-state index in [0.717, 1.165) is 10.5 Å². The first kappa shape index (κ1) is 14.4. The molecule has 2 aliphatic heterocycles. The molecule has 0 aromatic heterocycles. The molecule has 0 spiro atoms. The molecule has 2 heterocycles. The zero-order chi connectivity index (χ0) is 16.0. The maximum absolute atomic E-state index is 12.5. The number of hydrogen-bond acceptors (Lipinski definition) is 4. The van der Waals surface area contributed by atoms with Gasteiger partial charge in [0.15, 0.2) is 5.78 Å². The fourth-order valence-corrected chi connectivity index (χ4v) is 2.82. The summed E-state index contributed by atoms with van der Waals surface area (Å²) in [6.07, 6.45) is -0.296. The Morgan fingerprint density at radius 2 is 1.77 bits per heavy atom. The van der Waals surface area contributed by atoms with Crippen molar-refractivity contribution in [2.75, 3.05) is 6.54 Å². The van der Waals surface area contributed by atoms with Crippen LogP contribution in [-0.4, -0.2) is 41.0 Å². The first-order valence-corrected chi connectivity index (χ1v) is 7.21. The number of Topliss-reactive ketones (excluding diaryl/α,β-unsaturated/α-hetero) is 1. The normalized spacial score (nSPS) is 21.4. The standard InChI is InChI=1S/C16H16N2O4/c1-8(2)9-3-4-10-11(5-9)16(22)18(15(10)21)12-7-17-14(20)6-13(12)19/h3-5,8,12H,6-7H2,1-2H3,(H,17,20)/t12-/m1/s1. The third-order valence-electron chi connectivity index (χ3n) is 4.12. The number of carbonyl (C=O) groups excluding carboxylic acids is 4. The molecule has 2 aliphatic rings. The van der Waals surface area contributed by atoms with Crippen LogP contribution in [0.5, 0.6) is 0 Å². The zero-order valence-corrected chi connectivity index (χ0v) is 12.4. The SMILES string of the molecule is CC(C)c1ccc2c(c1)C(=O)N([C@@H]1CNC(=O)CC1=O)C2=O. The molecule has 1 N–H and O–H groups in total. The lowest BCUT2D eigenvalue weighted by atomic mass is 9.98. The van der Waals surface area contributed by atoms with Gasteiger partial charge in [0, 0.05) is 6.54 Å². The second-order valence-corrected chi connectivity index (χ2v) is 5.90. The van der Waals surface area contributed by atoms with Gasteiger partial charge >= 0.3 is 0 Å². The summed E-state index contributed by atoms with van der Waals surface area (Å²) in [6.45, 7) is 3.99. The Morgan fingerprint density at radius 3 is 2.41 bits per heavy atom. The van der Waals surface area contributed by atoms with Crippen LogP contribution in [0.3, 0.4) is 0 Å². The van der Waals surface area contributed by atoms with E-state index in [9.17, 15) is 19.2 Å². The number of amides is 3. The number of imide groups is 1. The Hall–Kier alpha value is -2.50. The first-order valence-electron chi connectivity index (χ1n) is 7.21. The van der Waals surface area contributed by atoms with E-state index in [1.807, 2.05) is 19.9 Å². The number of rotatable bonds is 2. The third kappa shape index (κ3) is 2.11. The van der Waals surface area contributed by atoms with Crippen molar-refractivity contribution in [2.45, 2.75) is 32.2 Å². The highest BCUT2D eigenvalue weighted by molar-refractivity contribution is 6.23. The molecule has 1 aromatic rings. The number of ketones is 1. The average molecular weight is 300 g/mol. The quantitative estimate of drug-likeness (QED) is 0.648. The molecule has 1 atom stereocenters. The van der Waals surface area contributed by atoms with E-state index in [-0.39, 0.29) is 24.8 Å². The smallest absolute Gasteiger partial charge is 0.262 e. The lowest BCUT2D eigenvalue weighted by Crippen LogP contribution is -2.55. The van der Waals surface area contributed by atoms with Crippen molar-refractivity contribution in [1.82, 2.24) is 10.2 Å². The second-order valence-electron chi connectivity index (χ2n) is 5.90. The highest BCUT2D eigenvalue weighted by atomic mass is 16.2. The minimum Gasteiger partial charge on any atom is -0.353 e. The van der Waals surface area contributed by atoms with Crippen LogP contribution in [0.2, 0.25) is 0 Å². The van der Waals surface area contributed by atoms with Crippen LogP contribution in [0, 0.1) is 0 Å². The lowest BCUT2D eigenvalue weighted by molar-refractivity contribution is -0.133. The van der Waals surface area contributed by atoms with Gasteiger partial charge < -0.3 is 5.32 Å². The van der Waals surface area contributed by atoms with Crippen molar-refractivity contribution in [2.24, 2.45) is 0 Å². The summed E-state index contributed by atoms with van der Waals surface area (Å²) in [7, 11) is 0. The molecule has 0 radical (unpaired) electrons. The van der Waals surface area contributed by atoms with Crippen LogP contribution in [0.4, 0.5) is 0 Å². The summed E-state index contributed by atoms with van der Waals surface area (Å²) < 4.78 is 0. The van der Waals surface area contributed by atoms with Crippen LogP contribution in [0.1, 0.15) is 52.5 Å². The molecule has 1 aromatic carbocycles. The largest absolute Gasteiger partial charge is 0.353 e. The van der Waals surface area contributed by atoms with Gasteiger partial charge in [0.1, 0.15) is 6.04 Å². The molecule has 0 saturated carbocycles. The first-order chi connectivity index (χ1) is 10.4. The molecule has 0 unspecified atom stereocenters. The van der Waals surface area contributed by atoms with Gasteiger partial charge in [0.25, 0.3) is 11.8 Å². The van der Waals surface area contributed by atoms with Crippen molar-refractivity contribution < 1.29 is 19.2 Å². The molecule has 114 valence electrons. The van der Waals surface area contributed by atoms with Crippen molar-refractivity contribution in [3.05, 3.63) is 34.9 Å². The van der Waals surface area contributed by atoms with E-state index < -0.39 is 23.6 Å². The van der Waals surface area contributed by atoms with Crippen LogP contribution in [0.25, 0.3) is 0 Å². The van der Waals surface area contributed by atoms with Crippen molar-refractivity contribution in [3.63, 3.8) is 0 Å². The predicted octanol–water partition coefficient (Wildman–Crippen LogP) is 0.864. The highest BCUT2D eigenvalue weighted by Crippen LogP contribution is 2.28. The van der Waals surface area contributed by atoms with Crippen LogP contribution >= 0.6 is 0 Å². The lowest BCUT2D eigenvalue weighted by Gasteiger charge is -2.28. The molecule has 0 aliphatic carbocycles. The number of nitrogens with one attached hydrogen (secondary N) is 1. The summed E-state index contributed by atoms with van der Waals surface area (Å²) in [5.74, 6) is -1.47. The Balaban J connectivity index is 1.96. The Kier molecular flexibility index (Phi) is 3.31. The minimum absolute atomic E-state index is 0.0137. The number of hydrogen-bond donors (Lipinski definition) is 1. The fraction of sp³-hybridized carbons (Fsp3) is 0.375. The van der Waals surface area contributed by atoms with Gasteiger partial charge in [0.2, 0.25) is 5.91 Å². The number of benzene rings is 1. The van der Waals surface area contributed by atoms with Gasteiger partial charge in [-0.15, -0.1) is 0 Å². The fourth-order valence-electron chi connectivity index (χ4n) is 2.82. The second kappa shape index (κ2) is 5.05. The monoisotopic (exact) mass is 300 g/mol. The summed E-state index contributed by atoms with van der Waals surface area (Å²) >= 11 is 0. The van der Waals surface area contributed by atoms with E-state index in [1.54, 1.807) is 12.1 Å². The van der Waals surface area contributed by atoms with Crippen molar-refractivity contribution >= 4 is 23.5 Å². The predicted molar refractivity (Wildman–Crippen MR) is 77.5 cm³/mol. The van der Waals surface area contributed by atoms with Crippen LogP contribution in [-0.2, 0) is 9.59 Å².